The summed E-state index contributed by atoms with van der Waals surface area (Å²) < 4.78 is 6.13. The molecule has 0 aromatic carbocycles. The van der Waals surface area contributed by atoms with E-state index in [0.717, 1.165) is 35.9 Å². The van der Waals surface area contributed by atoms with Gasteiger partial charge in [0.2, 0.25) is 0 Å². The molecule has 0 saturated carbocycles. The summed E-state index contributed by atoms with van der Waals surface area (Å²) in [6.07, 6.45) is 1.99. The SMILES string of the molecule is Cc1nc([C@@H]2C[C@H]3CCN(C(=O)c4cccs4)C[C@@H]3O2)n[nH]1. The van der Waals surface area contributed by atoms with Crippen LogP contribution in [0, 0.1) is 12.8 Å². The van der Waals surface area contributed by atoms with Gasteiger partial charge in [-0.15, -0.1) is 11.3 Å². The number of carbonyl (C=O) groups is 1. The van der Waals surface area contributed by atoms with Crippen LogP contribution in [0.5, 0.6) is 0 Å². The number of aromatic nitrogens is 3. The van der Waals surface area contributed by atoms with Crippen LogP contribution in [0.4, 0.5) is 0 Å². The van der Waals surface area contributed by atoms with Gasteiger partial charge < -0.3 is 9.64 Å². The number of hydrogen-bond donors (Lipinski definition) is 1. The molecule has 0 radical (unpaired) electrons. The maximum absolute atomic E-state index is 12.5. The lowest BCUT2D eigenvalue weighted by molar-refractivity contribution is -0.00670. The van der Waals surface area contributed by atoms with Crippen molar-refractivity contribution in [2.24, 2.45) is 5.92 Å². The summed E-state index contributed by atoms with van der Waals surface area (Å²) in [7, 11) is 0. The number of rotatable bonds is 2. The van der Waals surface area contributed by atoms with Gasteiger partial charge in [-0.2, -0.15) is 5.10 Å². The molecule has 7 heteroatoms. The zero-order chi connectivity index (χ0) is 15.1. The van der Waals surface area contributed by atoms with Gasteiger partial charge in [-0.25, -0.2) is 4.98 Å². The number of hydrogen-bond acceptors (Lipinski definition) is 5. The molecule has 116 valence electrons. The van der Waals surface area contributed by atoms with E-state index in [4.69, 9.17) is 4.74 Å². The number of carbonyl (C=O) groups excluding carboxylic acids is 1. The van der Waals surface area contributed by atoms with Crippen molar-refractivity contribution < 1.29 is 9.53 Å². The molecule has 4 rings (SSSR count). The van der Waals surface area contributed by atoms with Gasteiger partial charge in [0.1, 0.15) is 11.9 Å². The third-order valence-electron chi connectivity index (χ3n) is 4.47. The summed E-state index contributed by atoms with van der Waals surface area (Å²) in [5.41, 5.74) is 0. The van der Waals surface area contributed by atoms with Gasteiger partial charge in [0, 0.05) is 13.1 Å². The number of aryl methyl sites for hydroxylation is 1. The van der Waals surface area contributed by atoms with Crippen molar-refractivity contribution >= 4 is 17.2 Å². The molecule has 0 bridgehead atoms. The Morgan fingerprint density at radius 3 is 3.18 bits per heavy atom. The van der Waals surface area contributed by atoms with Crippen LogP contribution in [0.25, 0.3) is 0 Å². The topological polar surface area (TPSA) is 71.1 Å². The van der Waals surface area contributed by atoms with E-state index >= 15 is 0 Å². The molecule has 0 unspecified atom stereocenters. The van der Waals surface area contributed by atoms with Crippen LogP contribution in [-0.4, -0.2) is 45.2 Å². The third kappa shape index (κ3) is 2.44. The van der Waals surface area contributed by atoms with Crippen LogP contribution < -0.4 is 0 Å². The Hall–Kier alpha value is -1.73. The molecule has 2 aromatic rings. The largest absolute Gasteiger partial charge is 0.365 e. The molecule has 1 N–H and O–H groups in total. The van der Waals surface area contributed by atoms with Crippen molar-refractivity contribution in [3.63, 3.8) is 0 Å². The van der Waals surface area contributed by atoms with Crippen LogP contribution in [0.15, 0.2) is 17.5 Å². The third-order valence-corrected chi connectivity index (χ3v) is 5.33. The number of ether oxygens (including phenoxy) is 1. The number of amides is 1. The molecule has 2 aromatic heterocycles. The predicted octanol–water partition coefficient (Wildman–Crippen LogP) is 2.17. The molecule has 4 heterocycles. The van der Waals surface area contributed by atoms with E-state index < -0.39 is 0 Å². The van der Waals surface area contributed by atoms with Crippen LogP contribution in [0.3, 0.4) is 0 Å². The number of nitrogens with one attached hydrogen (secondary N) is 1. The van der Waals surface area contributed by atoms with Crippen LogP contribution in [-0.2, 0) is 4.74 Å². The van der Waals surface area contributed by atoms with Gasteiger partial charge in [0.15, 0.2) is 5.82 Å². The first-order chi connectivity index (χ1) is 10.7. The number of nitrogens with zero attached hydrogens (tertiary/aromatic N) is 3. The molecular weight excluding hydrogens is 300 g/mol. The lowest BCUT2D eigenvalue weighted by atomic mass is 9.91. The van der Waals surface area contributed by atoms with Crippen LogP contribution in [0.2, 0.25) is 0 Å². The van der Waals surface area contributed by atoms with E-state index in [1.807, 2.05) is 29.3 Å². The quantitative estimate of drug-likeness (QED) is 0.921. The monoisotopic (exact) mass is 318 g/mol. The van der Waals surface area contributed by atoms with E-state index in [1.54, 1.807) is 0 Å². The second-order valence-corrected chi connectivity index (χ2v) is 6.90. The second kappa shape index (κ2) is 5.48. The Balaban J connectivity index is 1.44. The van der Waals surface area contributed by atoms with Crippen molar-refractivity contribution in [3.8, 4) is 0 Å². The minimum absolute atomic E-state index is 0.0447. The van der Waals surface area contributed by atoms with Crippen LogP contribution in [0.1, 0.15) is 40.3 Å². The first-order valence-electron chi connectivity index (χ1n) is 7.58. The van der Waals surface area contributed by atoms with Crippen molar-refractivity contribution in [1.82, 2.24) is 20.1 Å². The van der Waals surface area contributed by atoms with Crippen LogP contribution >= 0.6 is 11.3 Å². The smallest absolute Gasteiger partial charge is 0.264 e. The molecule has 2 aliphatic rings. The zero-order valence-corrected chi connectivity index (χ0v) is 13.2. The Kier molecular flexibility index (Phi) is 3.46. The standard InChI is InChI=1S/C15H18N4O2S/c1-9-16-14(18-17-9)11-7-10-4-5-19(8-12(10)21-11)15(20)13-3-2-6-22-13/h2-3,6,10-12H,4-5,7-8H2,1H3,(H,16,17,18)/t10-,11+,12+/m1/s1. The molecule has 1 amide bonds. The fourth-order valence-corrected chi connectivity index (χ4v) is 4.03. The van der Waals surface area contributed by atoms with Gasteiger partial charge in [0.05, 0.1) is 11.0 Å². The fraction of sp³-hybridized carbons (Fsp3) is 0.533. The molecule has 2 saturated heterocycles. The second-order valence-electron chi connectivity index (χ2n) is 5.96. The number of fused-ring (bicyclic) bond motifs is 1. The number of aromatic amines is 1. The Morgan fingerprint density at radius 1 is 1.55 bits per heavy atom. The van der Waals surface area contributed by atoms with Crippen molar-refractivity contribution in [2.45, 2.75) is 32.0 Å². The summed E-state index contributed by atoms with van der Waals surface area (Å²) in [5, 5.41) is 9.02. The molecule has 2 aliphatic heterocycles. The van der Waals surface area contributed by atoms with E-state index in [9.17, 15) is 4.79 Å². The predicted molar refractivity (Wildman–Crippen MR) is 81.7 cm³/mol. The highest BCUT2D eigenvalue weighted by Gasteiger charge is 2.42. The average Bonchev–Trinajstić information content (AvgIpc) is 3.25. The van der Waals surface area contributed by atoms with Crippen molar-refractivity contribution in [1.29, 1.82) is 0 Å². The highest BCUT2D eigenvalue weighted by molar-refractivity contribution is 7.12. The van der Waals surface area contributed by atoms with E-state index in [1.165, 1.54) is 11.3 Å². The first-order valence-corrected chi connectivity index (χ1v) is 8.46. The first kappa shape index (κ1) is 13.9. The minimum atomic E-state index is -0.0447. The minimum Gasteiger partial charge on any atom is -0.365 e. The van der Waals surface area contributed by atoms with E-state index in [-0.39, 0.29) is 18.1 Å². The summed E-state index contributed by atoms with van der Waals surface area (Å²) in [6, 6.07) is 3.80. The average molecular weight is 318 g/mol. The maximum atomic E-state index is 12.5. The Morgan fingerprint density at radius 2 is 2.45 bits per heavy atom. The van der Waals surface area contributed by atoms with E-state index in [0.29, 0.717) is 12.5 Å². The molecule has 2 fully saturated rings. The molecule has 6 nitrogen and oxygen atoms in total. The molecule has 0 spiro atoms. The summed E-state index contributed by atoms with van der Waals surface area (Å²) in [4.78, 5) is 19.5. The van der Waals surface area contributed by atoms with Gasteiger partial charge in [-0.3, -0.25) is 9.89 Å². The summed E-state index contributed by atoms with van der Waals surface area (Å²) in [5.74, 6) is 2.16. The normalized spacial score (nSPS) is 27.9. The van der Waals surface area contributed by atoms with E-state index in [2.05, 4.69) is 15.2 Å². The number of thiophene rings is 1. The Labute approximate surface area is 132 Å². The highest BCUT2D eigenvalue weighted by Crippen LogP contribution is 2.40. The summed E-state index contributed by atoms with van der Waals surface area (Å²) >= 11 is 1.49. The van der Waals surface area contributed by atoms with Gasteiger partial charge in [-0.1, -0.05) is 6.07 Å². The maximum Gasteiger partial charge on any atom is 0.264 e. The van der Waals surface area contributed by atoms with Gasteiger partial charge in [0.25, 0.3) is 5.91 Å². The molecule has 0 aliphatic carbocycles. The number of H-pyrrole nitrogens is 1. The van der Waals surface area contributed by atoms with Crippen molar-refractivity contribution in [2.75, 3.05) is 13.1 Å². The highest BCUT2D eigenvalue weighted by atomic mass is 32.1. The lowest BCUT2D eigenvalue weighted by Crippen LogP contribution is -2.45. The van der Waals surface area contributed by atoms with Gasteiger partial charge >= 0.3 is 0 Å². The molecular formula is C15H18N4O2S. The van der Waals surface area contributed by atoms with Crippen molar-refractivity contribution in [3.05, 3.63) is 34.0 Å². The lowest BCUT2D eigenvalue weighted by Gasteiger charge is -2.33. The summed E-state index contributed by atoms with van der Waals surface area (Å²) in [6.45, 7) is 3.36. The zero-order valence-electron chi connectivity index (χ0n) is 12.4. The Bertz CT molecular complexity index is 669. The number of piperidine rings is 1. The molecule has 22 heavy (non-hydrogen) atoms. The number of likely N-dealkylation sites (tertiary alicyclic amines) is 1. The van der Waals surface area contributed by atoms with Gasteiger partial charge in [-0.05, 0) is 37.1 Å². The fourth-order valence-electron chi connectivity index (χ4n) is 3.34. The molecule has 3 atom stereocenters.